The van der Waals surface area contributed by atoms with Crippen LogP contribution in [0.1, 0.15) is 38.5 Å². The van der Waals surface area contributed by atoms with Gasteiger partial charge in [0, 0.05) is 11.8 Å². The number of carbonyl (C=O) groups is 1. The minimum absolute atomic E-state index is 0.0656. The third-order valence-electron chi connectivity index (χ3n) is 5.84. The summed E-state index contributed by atoms with van der Waals surface area (Å²) in [6.07, 6.45) is 7.40. The summed E-state index contributed by atoms with van der Waals surface area (Å²) in [7, 11) is -1.03. The van der Waals surface area contributed by atoms with E-state index in [1.807, 2.05) is 11.8 Å². The Hall–Kier alpha value is -2.39. The molecule has 0 aromatic heterocycles. The standard InChI is InChI=1S/C25H34N2O5S2/c1-31-20-13-15-22(16-14-20)34(29,30)27(23-11-6-7-12-24(23)32-2)19-25(28)26-17-8-18-33-21-9-4-3-5-10-21/h6-7,11-16,21H,3-5,8-10,17-19H2,1-2H3,(H,26,28). The lowest BCUT2D eigenvalue weighted by atomic mass is 10.0. The lowest BCUT2D eigenvalue weighted by Crippen LogP contribution is -2.41. The Kier molecular flexibility index (Phi) is 9.95. The second-order valence-corrected chi connectivity index (χ2v) is 11.5. The van der Waals surface area contributed by atoms with Gasteiger partial charge < -0.3 is 14.8 Å². The predicted octanol–water partition coefficient (Wildman–Crippen LogP) is 4.47. The van der Waals surface area contributed by atoms with Gasteiger partial charge in [-0.2, -0.15) is 11.8 Å². The van der Waals surface area contributed by atoms with Crippen LogP contribution in [-0.2, 0) is 14.8 Å². The van der Waals surface area contributed by atoms with E-state index in [-0.39, 0.29) is 17.3 Å². The van der Waals surface area contributed by atoms with Gasteiger partial charge in [0.05, 0.1) is 24.8 Å². The van der Waals surface area contributed by atoms with E-state index in [4.69, 9.17) is 9.47 Å². The maximum atomic E-state index is 13.5. The fourth-order valence-corrected chi connectivity index (χ4v) is 6.72. The number of hydrogen-bond acceptors (Lipinski definition) is 6. The molecule has 1 fully saturated rings. The summed E-state index contributed by atoms with van der Waals surface area (Å²) >= 11 is 1.98. The SMILES string of the molecule is COc1ccc(S(=O)(=O)N(CC(=O)NCCCSC2CCCCC2)c2ccccc2OC)cc1. The average Bonchev–Trinajstić information content (AvgIpc) is 2.87. The highest BCUT2D eigenvalue weighted by atomic mass is 32.2. The number of carbonyl (C=O) groups excluding carboxylic acids is 1. The van der Waals surface area contributed by atoms with E-state index in [1.165, 1.54) is 58.5 Å². The van der Waals surface area contributed by atoms with E-state index < -0.39 is 10.0 Å². The highest BCUT2D eigenvalue weighted by Gasteiger charge is 2.29. The highest BCUT2D eigenvalue weighted by Crippen LogP contribution is 2.32. The number of anilines is 1. The number of sulfonamides is 1. The van der Waals surface area contributed by atoms with Crippen LogP contribution >= 0.6 is 11.8 Å². The quantitative estimate of drug-likeness (QED) is 0.428. The van der Waals surface area contributed by atoms with Crippen LogP contribution < -0.4 is 19.1 Å². The summed E-state index contributed by atoms with van der Waals surface area (Å²) in [4.78, 5) is 12.9. The van der Waals surface area contributed by atoms with E-state index in [9.17, 15) is 13.2 Å². The van der Waals surface area contributed by atoms with Gasteiger partial charge in [0.15, 0.2) is 0 Å². The molecule has 0 unspecified atom stereocenters. The van der Waals surface area contributed by atoms with E-state index >= 15 is 0 Å². The van der Waals surface area contributed by atoms with Gasteiger partial charge in [-0.3, -0.25) is 9.10 Å². The van der Waals surface area contributed by atoms with Gasteiger partial charge in [-0.05, 0) is 61.4 Å². The molecule has 1 saturated carbocycles. The van der Waals surface area contributed by atoms with Gasteiger partial charge in [-0.1, -0.05) is 31.4 Å². The first kappa shape index (κ1) is 26.2. The number of benzene rings is 2. The third kappa shape index (κ3) is 7.06. The Morgan fingerprint density at radius 2 is 1.74 bits per heavy atom. The molecule has 2 aromatic carbocycles. The number of para-hydroxylation sites is 2. The Balaban J connectivity index is 1.68. The molecule has 0 bridgehead atoms. The largest absolute Gasteiger partial charge is 0.497 e. The molecule has 0 atom stereocenters. The van der Waals surface area contributed by atoms with Crippen molar-refractivity contribution in [3.8, 4) is 11.5 Å². The summed E-state index contributed by atoms with van der Waals surface area (Å²) in [5.41, 5.74) is 0.309. The number of ether oxygens (including phenoxy) is 2. The van der Waals surface area contributed by atoms with Crippen molar-refractivity contribution in [3.05, 3.63) is 48.5 Å². The number of nitrogens with one attached hydrogen (secondary N) is 1. The molecule has 1 aliphatic carbocycles. The lowest BCUT2D eigenvalue weighted by Gasteiger charge is -2.25. The summed E-state index contributed by atoms with van der Waals surface area (Å²) < 4.78 is 38.7. The maximum Gasteiger partial charge on any atom is 0.264 e. The number of nitrogens with zero attached hydrogens (tertiary/aromatic N) is 1. The summed E-state index contributed by atoms with van der Waals surface area (Å²) in [6.45, 7) is 0.172. The maximum absolute atomic E-state index is 13.5. The van der Waals surface area contributed by atoms with Crippen molar-refractivity contribution in [1.29, 1.82) is 0 Å². The van der Waals surface area contributed by atoms with Gasteiger partial charge in [0.2, 0.25) is 5.91 Å². The van der Waals surface area contributed by atoms with Crippen molar-refractivity contribution >= 4 is 33.4 Å². The minimum Gasteiger partial charge on any atom is -0.497 e. The number of thioether (sulfide) groups is 1. The zero-order valence-electron chi connectivity index (χ0n) is 19.9. The molecular weight excluding hydrogens is 472 g/mol. The molecule has 2 aromatic rings. The topological polar surface area (TPSA) is 84.9 Å². The molecule has 1 amide bonds. The zero-order chi connectivity index (χ0) is 24.4. The van der Waals surface area contributed by atoms with Crippen molar-refractivity contribution in [1.82, 2.24) is 5.32 Å². The lowest BCUT2D eigenvalue weighted by molar-refractivity contribution is -0.119. The van der Waals surface area contributed by atoms with Crippen LogP contribution in [0.2, 0.25) is 0 Å². The predicted molar refractivity (Wildman–Crippen MR) is 137 cm³/mol. The molecule has 0 heterocycles. The van der Waals surface area contributed by atoms with Gasteiger partial charge >= 0.3 is 0 Å². The number of rotatable bonds is 12. The fourth-order valence-electron chi connectivity index (χ4n) is 3.98. The zero-order valence-corrected chi connectivity index (χ0v) is 21.5. The molecule has 0 radical (unpaired) electrons. The van der Waals surface area contributed by atoms with Crippen LogP contribution in [0.4, 0.5) is 5.69 Å². The first-order valence-corrected chi connectivity index (χ1v) is 14.1. The molecule has 186 valence electrons. The van der Waals surface area contributed by atoms with Crippen molar-refractivity contribution in [3.63, 3.8) is 0 Å². The molecule has 7 nitrogen and oxygen atoms in total. The molecule has 9 heteroatoms. The van der Waals surface area contributed by atoms with E-state index in [0.29, 0.717) is 23.7 Å². The van der Waals surface area contributed by atoms with Gasteiger partial charge in [0.1, 0.15) is 18.0 Å². The van der Waals surface area contributed by atoms with Crippen LogP contribution in [-0.4, -0.2) is 52.6 Å². The molecule has 0 aliphatic heterocycles. The van der Waals surface area contributed by atoms with Crippen LogP contribution in [0.3, 0.4) is 0 Å². The second kappa shape index (κ2) is 12.9. The van der Waals surface area contributed by atoms with E-state index in [2.05, 4.69) is 5.32 Å². The summed E-state index contributed by atoms with van der Waals surface area (Å²) in [6, 6.07) is 12.9. The van der Waals surface area contributed by atoms with Gasteiger partial charge in [0.25, 0.3) is 10.0 Å². The monoisotopic (exact) mass is 506 g/mol. The Labute approximate surface area is 207 Å². The second-order valence-electron chi connectivity index (χ2n) is 8.19. The molecule has 0 spiro atoms. The fraction of sp³-hybridized carbons (Fsp3) is 0.480. The molecule has 1 N–H and O–H groups in total. The van der Waals surface area contributed by atoms with Crippen molar-refractivity contribution in [2.45, 2.75) is 48.7 Å². The number of hydrogen-bond donors (Lipinski definition) is 1. The highest BCUT2D eigenvalue weighted by molar-refractivity contribution is 7.99. The van der Waals surface area contributed by atoms with Crippen LogP contribution in [0, 0.1) is 0 Å². The van der Waals surface area contributed by atoms with Crippen LogP contribution in [0.15, 0.2) is 53.4 Å². The van der Waals surface area contributed by atoms with Gasteiger partial charge in [-0.15, -0.1) is 0 Å². The molecule has 34 heavy (non-hydrogen) atoms. The Morgan fingerprint density at radius 3 is 2.41 bits per heavy atom. The van der Waals surface area contributed by atoms with Crippen molar-refractivity contribution < 1.29 is 22.7 Å². The minimum atomic E-state index is -4.02. The third-order valence-corrected chi connectivity index (χ3v) is 9.08. The van der Waals surface area contributed by atoms with Gasteiger partial charge in [-0.25, -0.2) is 8.42 Å². The Bertz CT molecular complexity index is 1020. The first-order valence-electron chi connectivity index (χ1n) is 11.6. The average molecular weight is 507 g/mol. The van der Waals surface area contributed by atoms with Crippen molar-refractivity contribution in [2.75, 3.05) is 37.4 Å². The van der Waals surface area contributed by atoms with Crippen LogP contribution in [0.5, 0.6) is 11.5 Å². The smallest absolute Gasteiger partial charge is 0.264 e. The molecule has 0 saturated heterocycles. The van der Waals surface area contributed by atoms with E-state index in [0.717, 1.165) is 21.7 Å². The number of amides is 1. The summed E-state index contributed by atoms with van der Waals surface area (Å²) in [5, 5.41) is 3.62. The summed E-state index contributed by atoms with van der Waals surface area (Å²) in [5.74, 6) is 1.55. The first-order chi connectivity index (χ1) is 16.5. The van der Waals surface area contributed by atoms with Crippen molar-refractivity contribution in [2.24, 2.45) is 0 Å². The molecule has 1 aliphatic rings. The van der Waals surface area contributed by atoms with E-state index in [1.54, 1.807) is 36.4 Å². The normalized spacial score (nSPS) is 14.4. The van der Waals surface area contributed by atoms with Crippen LogP contribution in [0.25, 0.3) is 0 Å². The number of methoxy groups -OCH3 is 2. The molecule has 3 rings (SSSR count). The molecular formula is C25H34N2O5S2. The Morgan fingerprint density at radius 1 is 1.03 bits per heavy atom.